The number of nitrogens with one attached hydrogen (secondary N) is 1. The van der Waals surface area contributed by atoms with Crippen LogP contribution in [0.3, 0.4) is 0 Å². The van der Waals surface area contributed by atoms with E-state index in [1.54, 1.807) is 0 Å². The molecule has 0 aromatic heterocycles. The van der Waals surface area contributed by atoms with Crippen LogP contribution in [-0.4, -0.2) is 49.5 Å². The van der Waals surface area contributed by atoms with Crippen molar-refractivity contribution in [3.63, 3.8) is 0 Å². The van der Waals surface area contributed by atoms with Crippen LogP contribution in [0.15, 0.2) is 83.3 Å². The van der Waals surface area contributed by atoms with E-state index in [-0.39, 0.29) is 24.6 Å². The van der Waals surface area contributed by atoms with Gasteiger partial charge in [-0.1, -0.05) is 58.4 Å². The molecule has 2 amide bonds. The second kappa shape index (κ2) is 12.7. The summed E-state index contributed by atoms with van der Waals surface area (Å²) in [4.78, 5) is 29.1. The Morgan fingerprint density at radius 2 is 1.56 bits per heavy atom. The van der Waals surface area contributed by atoms with E-state index < -0.39 is 39.9 Å². The molecule has 0 fully saturated rings. The van der Waals surface area contributed by atoms with Crippen LogP contribution in [0, 0.1) is 5.82 Å². The molecule has 0 aliphatic heterocycles. The molecule has 0 saturated carbocycles. The third-order valence-corrected chi connectivity index (χ3v) is 7.44. The van der Waals surface area contributed by atoms with Gasteiger partial charge in [-0.05, 0) is 68.3 Å². The predicted molar refractivity (Wildman–Crippen MR) is 155 cm³/mol. The molecule has 1 N–H and O–H groups in total. The summed E-state index contributed by atoms with van der Waals surface area (Å²) in [5.41, 5.74) is 1.18. The standard InChI is InChI=1S/C29H33BrFN3O4S/c1-29(2,3)32-28(36)26(18-21-9-6-5-7-10-21)33(19-22-11-8-12-23(30)17-22)27(35)20-34(39(4,37)38)25-15-13-24(31)14-16-25/h5-17,26H,18-20H2,1-4H3,(H,32,36)/t26-/m1/s1. The van der Waals surface area contributed by atoms with E-state index in [1.165, 1.54) is 17.0 Å². The van der Waals surface area contributed by atoms with Gasteiger partial charge in [-0.3, -0.25) is 13.9 Å². The largest absolute Gasteiger partial charge is 0.350 e. The third kappa shape index (κ3) is 9.18. The van der Waals surface area contributed by atoms with E-state index in [2.05, 4.69) is 21.2 Å². The summed E-state index contributed by atoms with van der Waals surface area (Å²) in [5, 5.41) is 2.98. The molecule has 0 bridgehead atoms. The highest BCUT2D eigenvalue weighted by Crippen LogP contribution is 2.22. The van der Waals surface area contributed by atoms with Crippen molar-refractivity contribution in [1.82, 2.24) is 10.2 Å². The Bertz CT molecular complexity index is 1390. The third-order valence-electron chi connectivity index (χ3n) is 5.81. The lowest BCUT2D eigenvalue weighted by molar-refractivity contribution is -0.140. The summed E-state index contributed by atoms with van der Waals surface area (Å²) in [6, 6.07) is 20.6. The first-order valence-corrected chi connectivity index (χ1v) is 15.0. The van der Waals surface area contributed by atoms with E-state index in [9.17, 15) is 22.4 Å². The Kier molecular flexibility index (Phi) is 9.90. The minimum absolute atomic E-state index is 0.0638. The van der Waals surface area contributed by atoms with Gasteiger partial charge < -0.3 is 10.2 Å². The molecule has 208 valence electrons. The second-order valence-corrected chi connectivity index (χ2v) is 13.2. The number of sulfonamides is 1. The number of carbonyl (C=O) groups excluding carboxylic acids is 2. The highest BCUT2D eigenvalue weighted by Gasteiger charge is 2.34. The number of carbonyl (C=O) groups is 2. The first kappa shape index (κ1) is 30.3. The summed E-state index contributed by atoms with van der Waals surface area (Å²) in [7, 11) is -3.92. The van der Waals surface area contributed by atoms with Crippen LogP contribution in [0.5, 0.6) is 0 Å². The van der Waals surface area contributed by atoms with Gasteiger partial charge >= 0.3 is 0 Å². The highest BCUT2D eigenvalue weighted by atomic mass is 79.9. The van der Waals surface area contributed by atoms with Crippen molar-refractivity contribution < 1.29 is 22.4 Å². The van der Waals surface area contributed by atoms with Crippen LogP contribution in [0.1, 0.15) is 31.9 Å². The number of amides is 2. The zero-order chi connectivity index (χ0) is 28.8. The van der Waals surface area contributed by atoms with Gasteiger partial charge in [0, 0.05) is 23.0 Å². The summed E-state index contributed by atoms with van der Waals surface area (Å²) >= 11 is 3.45. The van der Waals surface area contributed by atoms with Crippen molar-refractivity contribution in [3.8, 4) is 0 Å². The van der Waals surface area contributed by atoms with Crippen molar-refractivity contribution >= 4 is 43.5 Å². The van der Waals surface area contributed by atoms with Crippen LogP contribution in [0.25, 0.3) is 0 Å². The van der Waals surface area contributed by atoms with Crippen LogP contribution < -0.4 is 9.62 Å². The van der Waals surface area contributed by atoms with Gasteiger partial charge in [0.25, 0.3) is 0 Å². The summed E-state index contributed by atoms with van der Waals surface area (Å²) in [6.45, 7) is 5.06. The van der Waals surface area contributed by atoms with Crippen LogP contribution in [0.2, 0.25) is 0 Å². The van der Waals surface area contributed by atoms with Crippen LogP contribution in [0.4, 0.5) is 10.1 Å². The lowest BCUT2D eigenvalue weighted by atomic mass is 10.0. The summed E-state index contributed by atoms with van der Waals surface area (Å²) < 4.78 is 40.8. The number of nitrogens with zero attached hydrogens (tertiary/aromatic N) is 2. The highest BCUT2D eigenvalue weighted by molar-refractivity contribution is 9.10. The second-order valence-electron chi connectivity index (χ2n) is 10.3. The fourth-order valence-electron chi connectivity index (χ4n) is 4.06. The van der Waals surface area contributed by atoms with E-state index >= 15 is 0 Å². The number of halogens is 2. The average molecular weight is 619 g/mol. The fourth-order valence-corrected chi connectivity index (χ4v) is 5.36. The quantitative estimate of drug-likeness (QED) is 0.350. The molecule has 0 saturated heterocycles. The summed E-state index contributed by atoms with van der Waals surface area (Å²) in [5.74, 6) is -1.46. The predicted octanol–water partition coefficient (Wildman–Crippen LogP) is 4.91. The van der Waals surface area contributed by atoms with Gasteiger partial charge in [0.15, 0.2) is 0 Å². The first-order valence-electron chi connectivity index (χ1n) is 12.4. The van der Waals surface area contributed by atoms with Crippen molar-refractivity contribution in [2.45, 2.75) is 45.3 Å². The molecular weight excluding hydrogens is 585 g/mol. The maximum absolute atomic E-state index is 14.0. The monoisotopic (exact) mass is 617 g/mol. The van der Waals surface area contributed by atoms with Crippen LogP contribution in [-0.2, 0) is 32.6 Å². The number of benzene rings is 3. The van der Waals surface area contributed by atoms with Gasteiger partial charge in [-0.15, -0.1) is 0 Å². The topological polar surface area (TPSA) is 86.8 Å². The normalized spacial score (nSPS) is 12.5. The molecule has 0 unspecified atom stereocenters. The Balaban J connectivity index is 2.07. The van der Waals surface area contributed by atoms with Crippen molar-refractivity contribution in [1.29, 1.82) is 0 Å². The van der Waals surface area contributed by atoms with E-state index in [0.29, 0.717) is 0 Å². The first-order chi connectivity index (χ1) is 18.2. The molecule has 3 aromatic carbocycles. The van der Waals surface area contributed by atoms with Crippen molar-refractivity contribution in [2.75, 3.05) is 17.1 Å². The molecule has 39 heavy (non-hydrogen) atoms. The van der Waals surface area contributed by atoms with Crippen molar-refractivity contribution in [3.05, 3.63) is 100 Å². The van der Waals surface area contributed by atoms with E-state index in [4.69, 9.17) is 0 Å². The maximum atomic E-state index is 14.0. The number of anilines is 1. The molecule has 0 spiro atoms. The Hall–Kier alpha value is -3.24. The average Bonchev–Trinajstić information content (AvgIpc) is 2.84. The number of hydrogen-bond acceptors (Lipinski definition) is 4. The van der Waals surface area contributed by atoms with Gasteiger partial charge in [0.05, 0.1) is 11.9 Å². The zero-order valence-electron chi connectivity index (χ0n) is 22.4. The van der Waals surface area contributed by atoms with Gasteiger partial charge in [-0.2, -0.15) is 0 Å². The van der Waals surface area contributed by atoms with E-state index in [0.717, 1.165) is 38.3 Å². The molecule has 0 aliphatic carbocycles. The van der Waals surface area contributed by atoms with E-state index in [1.807, 2.05) is 75.4 Å². The Morgan fingerprint density at radius 3 is 2.13 bits per heavy atom. The molecule has 1 atom stereocenters. The fraction of sp³-hybridized carbons (Fsp3) is 0.310. The Labute approximate surface area is 238 Å². The smallest absolute Gasteiger partial charge is 0.244 e. The van der Waals surface area contributed by atoms with Gasteiger partial charge in [0.1, 0.15) is 18.4 Å². The van der Waals surface area contributed by atoms with Crippen LogP contribution >= 0.6 is 15.9 Å². The molecule has 7 nitrogen and oxygen atoms in total. The minimum atomic E-state index is -3.92. The maximum Gasteiger partial charge on any atom is 0.244 e. The molecule has 3 aromatic rings. The van der Waals surface area contributed by atoms with Crippen molar-refractivity contribution in [2.24, 2.45) is 0 Å². The SMILES string of the molecule is CC(C)(C)NC(=O)[C@@H](Cc1ccccc1)N(Cc1cccc(Br)c1)C(=O)CN(c1ccc(F)cc1)S(C)(=O)=O. The lowest BCUT2D eigenvalue weighted by Gasteiger charge is -2.35. The Morgan fingerprint density at radius 1 is 0.949 bits per heavy atom. The lowest BCUT2D eigenvalue weighted by Crippen LogP contribution is -2.56. The molecule has 10 heteroatoms. The molecule has 0 heterocycles. The number of rotatable bonds is 10. The molecule has 0 aliphatic rings. The molecule has 0 radical (unpaired) electrons. The zero-order valence-corrected chi connectivity index (χ0v) is 24.8. The van der Waals surface area contributed by atoms with Gasteiger partial charge in [-0.25, -0.2) is 12.8 Å². The molecular formula is C29H33BrFN3O4S. The summed E-state index contributed by atoms with van der Waals surface area (Å²) in [6.07, 6.45) is 1.20. The number of hydrogen-bond donors (Lipinski definition) is 1. The van der Waals surface area contributed by atoms with Gasteiger partial charge in [0.2, 0.25) is 21.8 Å². The molecule has 3 rings (SSSR count). The minimum Gasteiger partial charge on any atom is -0.350 e.